The van der Waals surface area contributed by atoms with Gasteiger partial charge in [-0.3, -0.25) is 4.21 Å². The summed E-state index contributed by atoms with van der Waals surface area (Å²) >= 11 is 1.27. The van der Waals surface area contributed by atoms with Crippen molar-refractivity contribution in [3.8, 4) is 0 Å². The summed E-state index contributed by atoms with van der Waals surface area (Å²) in [5.74, 6) is 0.0906. The quantitative estimate of drug-likeness (QED) is 0.495. The van der Waals surface area contributed by atoms with Crippen LogP contribution in [0.3, 0.4) is 0 Å². The van der Waals surface area contributed by atoms with E-state index in [0.717, 1.165) is 10.0 Å². The largest absolute Gasteiger partial charge is 1.00 e. The molecular formula is C7H6BrNaO2S. The molecule has 12 heavy (non-hydrogen) atoms. The van der Waals surface area contributed by atoms with E-state index in [1.807, 2.05) is 12.1 Å². The molecule has 0 radical (unpaired) electrons. The molecule has 0 amide bonds. The van der Waals surface area contributed by atoms with Crippen molar-refractivity contribution < 1.29 is 38.3 Å². The molecule has 0 N–H and O–H groups in total. The van der Waals surface area contributed by atoms with E-state index in [1.165, 1.54) is 0 Å². The first kappa shape index (κ1) is 12.8. The molecule has 0 saturated heterocycles. The molecule has 0 aliphatic heterocycles. The van der Waals surface area contributed by atoms with E-state index in [2.05, 4.69) is 15.9 Å². The molecule has 0 fully saturated rings. The summed E-state index contributed by atoms with van der Waals surface area (Å²) < 4.78 is 21.4. The SMILES string of the molecule is O=S([O-])Cc1ccc(Br)cc1.[Na+]. The van der Waals surface area contributed by atoms with Crippen molar-refractivity contribution in [2.75, 3.05) is 0 Å². The maximum absolute atomic E-state index is 10.2. The van der Waals surface area contributed by atoms with Gasteiger partial charge in [-0.05, 0) is 17.7 Å². The number of benzene rings is 1. The number of rotatable bonds is 2. The minimum Gasteiger partial charge on any atom is -0.772 e. The fourth-order valence-corrected chi connectivity index (χ4v) is 1.45. The first-order valence-electron chi connectivity index (χ1n) is 2.99. The van der Waals surface area contributed by atoms with Crippen molar-refractivity contribution in [2.24, 2.45) is 0 Å². The third kappa shape index (κ3) is 4.74. The number of hydrogen-bond acceptors (Lipinski definition) is 2. The smallest absolute Gasteiger partial charge is 0.772 e. The monoisotopic (exact) mass is 256 g/mol. The van der Waals surface area contributed by atoms with Crippen LogP contribution in [0.2, 0.25) is 0 Å². The molecule has 0 bridgehead atoms. The topological polar surface area (TPSA) is 40.1 Å². The Morgan fingerprint density at radius 1 is 1.33 bits per heavy atom. The van der Waals surface area contributed by atoms with E-state index in [1.54, 1.807) is 12.1 Å². The van der Waals surface area contributed by atoms with Crippen LogP contribution in [-0.4, -0.2) is 8.76 Å². The second-order valence-corrected chi connectivity index (χ2v) is 3.89. The zero-order valence-corrected chi connectivity index (χ0v) is 11.0. The summed E-state index contributed by atoms with van der Waals surface area (Å²) in [6.45, 7) is 0. The Bertz CT molecular complexity index is 263. The molecule has 1 atom stereocenters. The van der Waals surface area contributed by atoms with Gasteiger partial charge in [0.1, 0.15) is 0 Å². The van der Waals surface area contributed by atoms with E-state index >= 15 is 0 Å². The minimum atomic E-state index is -1.99. The van der Waals surface area contributed by atoms with Gasteiger partial charge in [-0.15, -0.1) is 0 Å². The standard InChI is InChI=1S/C7H7BrO2S.Na/c8-7-3-1-6(2-4-7)5-11(9)10;/h1-4H,5H2,(H,9,10);/q;+1/p-1. The van der Waals surface area contributed by atoms with Crippen LogP contribution in [0.1, 0.15) is 5.56 Å². The van der Waals surface area contributed by atoms with Crippen LogP contribution in [0.25, 0.3) is 0 Å². The van der Waals surface area contributed by atoms with Gasteiger partial charge in [0.05, 0.1) is 0 Å². The van der Waals surface area contributed by atoms with Gasteiger partial charge in [0.25, 0.3) is 0 Å². The molecule has 60 valence electrons. The molecule has 1 unspecified atom stereocenters. The van der Waals surface area contributed by atoms with Crippen LogP contribution < -0.4 is 29.6 Å². The van der Waals surface area contributed by atoms with E-state index in [-0.39, 0.29) is 35.3 Å². The first-order valence-corrected chi connectivity index (χ1v) is 5.02. The zero-order chi connectivity index (χ0) is 8.27. The van der Waals surface area contributed by atoms with E-state index < -0.39 is 11.1 Å². The Hall–Kier alpha value is 0.810. The zero-order valence-electron chi connectivity index (χ0n) is 6.62. The molecule has 1 aromatic carbocycles. The van der Waals surface area contributed by atoms with Crippen LogP contribution in [0.15, 0.2) is 28.7 Å². The van der Waals surface area contributed by atoms with Crippen molar-refractivity contribution >= 4 is 27.0 Å². The van der Waals surface area contributed by atoms with Gasteiger partial charge in [0.15, 0.2) is 0 Å². The van der Waals surface area contributed by atoms with Crippen molar-refractivity contribution in [2.45, 2.75) is 5.75 Å². The number of halogens is 1. The molecular weight excluding hydrogens is 251 g/mol. The molecule has 0 heterocycles. The summed E-state index contributed by atoms with van der Waals surface area (Å²) in [6, 6.07) is 7.20. The predicted molar refractivity (Wildman–Crippen MR) is 46.8 cm³/mol. The van der Waals surface area contributed by atoms with Gasteiger partial charge in [-0.25, -0.2) is 0 Å². The molecule has 2 nitrogen and oxygen atoms in total. The molecule has 1 rings (SSSR count). The van der Waals surface area contributed by atoms with Crippen molar-refractivity contribution in [3.05, 3.63) is 34.3 Å². The molecule has 1 aromatic rings. The van der Waals surface area contributed by atoms with Gasteiger partial charge in [-0.2, -0.15) is 0 Å². The van der Waals surface area contributed by atoms with Gasteiger partial charge >= 0.3 is 29.6 Å². The molecule has 0 aliphatic rings. The molecule has 0 spiro atoms. The molecule has 0 aromatic heterocycles. The fraction of sp³-hybridized carbons (Fsp3) is 0.143. The molecule has 0 aliphatic carbocycles. The fourth-order valence-electron chi connectivity index (χ4n) is 0.717. The third-order valence-corrected chi connectivity index (χ3v) is 2.30. The van der Waals surface area contributed by atoms with Gasteiger partial charge in [0.2, 0.25) is 0 Å². The second kappa shape index (κ2) is 6.29. The third-order valence-electron chi connectivity index (χ3n) is 1.20. The van der Waals surface area contributed by atoms with E-state index in [0.29, 0.717) is 0 Å². The second-order valence-electron chi connectivity index (χ2n) is 2.07. The Labute approximate surface area is 104 Å². The van der Waals surface area contributed by atoms with Crippen molar-refractivity contribution in [3.63, 3.8) is 0 Å². The maximum atomic E-state index is 10.2. The minimum absolute atomic E-state index is 0. The van der Waals surface area contributed by atoms with Gasteiger partial charge in [-0.1, -0.05) is 39.1 Å². The summed E-state index contributed by atoms with van der Waals surface area (Å²) in [6.07, 6.45) is 0. The predicted octanol–water partition coefficient (Wildman–Crippen LogP) is -1.17. The Balaban J connectivity index is 0.00000121. The normalized spacial score (nSPS) is 11.8. The van der Waals surface area contributed by atoms with Gasteiger partial charge in [0, 0.05) is 10.2 Å². The molecule has 0 saturated carbocycles. The summed E-state index contributed by atoms with van der Waals surface area (Å²) in [4.78, 5) is 0. The maximum Gasteiger partial charge on any atom is 1.00 e. The van der Waals surface area contributed by atoms with Gasteiger partial charge < -0.3 is 4.55 Å². The van der Waals surface area contributed by atoms with Crippen LogP contribution in [0.4, 0.5) is 0 Å². The Kier molecular flexibility index (Phi) is 6.72. The van der Waals surface area contributed by atoms with E-state index in [9.17, 15) is 8.76 Å². The summed E-state index contributed by atoms with van der Waals surface area (Å²) in [5.41, 5.74) is 0.807. The van der Waals surface area contributed by atoms with E-state index in [4.69, 9.17) is 0 Å². The van der Waals surface area contributed by atoms with Crippen LogP contribution in [0, 0.1) is 0 Å². The average Bonchev–Trinajstić information content (AvgIpc) is 1.93. The van der Waals surface area contributed by atoms with Crippen molar-refractivity contribution in [1.29, 1.82) is 0 Å². The summed E-state index contributed by atoms with van der Waals surface area (Å²) in [5, 5.41) is 0. The number of hydrogen-bond donors (Lipinski definition) is 0. The Morgan fingerprint density at radius 3 is 2.25 bits per heavy atom. The van der Waals surface area contributed by atoms with Crippen LogP contribution >= 0.6 is 15.9 Å². The van der Waals surface area contributed by atoms with Crippen LogP contribution in [-0.2, 0) is 16.8 Å². The molecule has 5 heteroatoms. The average molecular weight is 257 g/mol. The Morgan fingerprint density at radius 2 is 1.83 bits per heavy atom. The van der Waals surface area contributed by atoms with Crippen molar-refractivity contribution in [1.82, 2.24) is 0 Å². The first-order chi connectivity index (χ1) is 5.18. The van der Waals surface area contributed by atoms with Crippen LogP contribution in [0.5, 0.6) is 0 Å². The summed E-state index contributed by atoms with van der Waals surface area (Å²) in [7, 11) is 0.